The number of halogens is 1. The van der Waals surface area contributed by atoms with Crippen LogP contribution in [0.15, 0.2) is 42.7 Å². The molecule has 136 valence electrons. The van der Waals surface area contributed by atoms with E-state index in [-0.39, 0.29) is 0 Å². The third-order valence-electron chi connectivity index (χ3n) is 5.70. The summed E-state index contributed by atoms with van der Waals surface area (Å²) in [6.45, 7) is 5.63. The average Bonchev–Trinajstić information content (AvgIpc) is 3.08. The lowest BCUT2D eigenvalue weighted by molar-refractivity contribution is 0.206. The first kappa shape index (κ1) is 17.6. The Kier molecular flexibility index (Phi) is 4.76. The predicted molar refractivity (Wildman–Crippen MR) is 109 cm³/mol. The van der Waals surface area contributed by atoms with Gasteiger partial charge in [-0.3, -0.25) is 0 Å². The van der Waals surface area contributed by atoms with E-state index in [4.69, 9.17) is 11.6 Å². The molecule has 1 aliphatic carbocycles. The van der Waals surface area contributed by atoms with Crippen molar-refractivity contribution in [3.63, 3.8) is 0 Å². The Labute approximate surface area is 160 Å². The zero-order valence-electron chi connectivity index (χ0n) is 15.5. The Hall–Kier alpha value is -1.84. The van der Waals surface area contributed by atoms with Crippen LogP contribution in [0.2, 0.25) is 5.02 Å². The van der Waals surface area contributed by atoms with Gasteiger partial charge in [0.15, 0.2) is 0 Å². The number of aromatic nitrogens is 2. The Bertz CT molecular complexity index is 903. The fourth-order valence-electron chi connectivity index (χ4n) is 3.87. The summed E-state index contributed by atoms with van der Waals surface area (Å²) in [5, 5.41) is 4.51. The van der Waals surface area contributed by atoms with Gasteiger partial charge in [0.25, 0.3) is 0 Å². The molecule has 4 heteroatoms. The second-order valence-electron chi connectivity index (χ2n) is 8.27. The van der Waals surface area contributed by atoms with Crippen LogP contribution in [0.5, 0.6) is 0 Å². The van der Waals surface area contributed by atoms with Gasteiger partial charge in [-0.25, -0.2) is 4.98 Å². The van der Waals surface area contributed by atoms with Gasteiger partial charge in [-0.2, -0.15) is 0 Å². The third-order valence-corrected chi connectivity index (χ3v) is 6.01. The second kappa shape index (κ2) is 7.05. The van der Waals surface area contributed by atoms with Crippen LogP contribution in [-0.4, -0.2) is 16.0 Å². The third kappa shape index (κ3) is 3.79. The molecule has 3 nitrogen and oxygen atoms in total. The Morgan fingerprint density at radius 2 is 1.96 bits per heavy atom. The summed E-state index contributed by atoms with van der Waals surface area (Å²) in [7, 11) is 0. The molecule has 0 bridgehead atoms. The van der Waals surface area contributed by atoms with Gasteiger partial charge < -0.3 is 10.3 Å². The van der Waals surface area contributed by atoms with Crippen LogP contribution in [0.4, 0.5) is 0 Å². The molecule has 0 saturated heterocycles. The number of fused-ring (bicyclic) bond motifs is 1. The summed E-state index contributed by atoms with van der Waals surface area (Å²) >= 11 is 6.59. The molecule has 1 aromatic heterocycles. The number of hydrogen-bond acceptors (Lipinski definition) is 2. The van der Waals surface area contributed by atoms with E-state index in [1.165, 1.54) is 31.2 Å². The van der Waals surface area contributed by atoms with Crippen molar-refractivity contribution in [2.75, 3.05) is 0 Å². The molecule has 2 aromatic carbocycles. The first-order chi connectivity index (χ1) is 12.5. The Morgan fingerprint density at radius 3 is 2.73 bits per heavy atom. The minimum atomic E-state index is 0.513. The van der Waals surface area contributed by atoms with Crippen LogP contribution in [0.25, 0.3) is 22.2 Å². The van der Waals surface area contributed by atoms with Crippen LogP contribution in [0.1, 0.15) is 45.1 Å². The smallest absolute Gasteiger partial charge is 0.0931 e. The fourth-order valence-corrected chi connectivity index (χ4v) is 4.18. The summed E-state index contributed by atoms with van der Waals surface area (Å²) < 4.78 is 0. The molecule has 0 atom stereocenters. The molecule has 0 amide bonds. The summed E-state index contributed by atoms with van der Waals surface area (Å²) in [6, 6.07) is 13.2. The normalized spacial score (nSPS) is 17.7. The number of aromatic amines is 1. The number of rotatable bonds is 4. The highest BCUT2D eigenvalue weighted by molar-refractivity contribution is 6.33. The SMILES string of the molecule is CC1(C)CCC(NCc2ccc(-c3ccc4nc[nH]c4c3)c(Cl)c2)CC1. The molecule has 26 heavy (non-hydrogen) atoms. The molecular formula is C22H26ClN3. The van der Waals surface area contributed by atoms with Crippen molar-refractivity contribution in [1.29, 1.82) is 0 Å². The van der Waals surface area contributed by atoms with Crippen molar-refractivity contribution in [1.82, 2.24) is 15.3 Å². The van der Waals surface area contributed by atoms with E-state index in [1.54, 1.807) is 6.33 Å². The standard InChI is InChI=1S/C22H26ClN3/c1-22(2)9-7-17(8-10-22)24-13-15-3-5-18(19(23)11-15)16-4-6-20-21(12-16)26-14-25-20/h3-6,11-12,14,17,24H,7-10,13H2,1-2H3,(H,25,26). The molecule has 1 fully saturated rings. The number of benzene rings is 2. The first-order valence-electron chi connectivity index (χ1n) is 9.45. The molecule has 1 heterocycles. The maximum absolute atomic E-state index is 6.59. The highest BCUT2D eigenvalue weighted by Gasteiger charge is 2.26. The van der Waals surface area contributed by atoms with Crippen molar-refractivity contribution < 1.29 is 0 Å². The van der Waals surface area contributed by atoms with Crippen LogP contribution in [-0.2, 0) is 6.54 Å². The molecule has 0 unspecified atom stereocenters. The largest absolute Gasteiger partial charge is 0.345 e. The summed E-state index contributed by atoms with van der Waals surface area (Å²) in [4.78, 5) is 7.43. The number of nitrogens with one attached hydrogen (secondary N) is 2. The van der Waals surface area contributed by atoms with Crippen molar-refractivity contribution in [2.24, 2.45) is 5.41 Å². The Balaban J connectivity index is 1.44. The van der Waals surface area contributed by atoms with Crippen molar-refractivity contribution in [2.45, 2.75) is 52.1 Å². The summed E-state index contributed by atoms with van der Waals surface area (Å²) in [5.41, 5.74) is 5.93. The molecule has 0 aliphatic heterocycles. The minimum Gasteiger partial charge on any atom is -0.345 e. The van der Waals surface area contributed by atoms with Gasteiger partial charge in [0, 0.05) is 23.2 Å². The van der Waals surface area contributed by atoms with Gasteiger partial charge in [0.2, 0.25) is 0 Å². The Morgan fingerprint density at radius 1 is 1.15 bits per heavy atom. The van der Waals surface area contributed by atoms with Crippen LogP contribution in [0, 0.1) is 5.41 Å². The van der Waals surface area contributed by atoms with E-state index >= 15 is 0 Å². The van der Waals surface area contributed by atoms with Gasteiger partial charge in [-0.1, -0.05) is 43.6 Å². The van der Waals surface area contributed by atoms with Crippen LogP contribution >= 0.6 is 11.6 Å². The molecule has 2 N–H and O–H groups in total. The first-order valence-corrected chi connectivity index (χ1v) is 9.83. The van der Waals surface area contributed by atoms with Gasteiger partial charge in [0.05, 0.1) is 17.4 Å². The lowest BCUT2D eigenvalue weighted by Crippen LogP contribution is -2.35. The van der Waals surface area contributed by atoms with E-state index in [0.29, 0.717) is 11.5 Å². The van der Waals surface area contributed by atoms with E-state index in [1.807, 2.05) is 6.07 Å². The van der Waals surface area contributed by atoms with Gasteiger partial charge in [0.1, 0.15) is 0 Å². The molecule has 3 aromatic rings. The fraction of sp³-hybridized carbons (Fsp3) is 0.409. The molecule has 0 radical (unpaired) electrons. The van der Waals surface area contributed by atoms with E-state index in [2.05, 4.69) is 59.5 Å². The number of nitrogens with zero attached hydrogens (tertiary/aromatic N) is 1. The van der Waals surface area contributed by atoms with Crippen molar-refractivity contribution in [3.05, 3.63) is 53.3 Å². The zero-order valence-corrected chi connectivity index (χ0v) is 16.2. The molecular weight excluding hydrogens is 342 g/mol. The molecule has 4 rings (SSSR count). The molecule has 1 aliphatic rings. The number of hydrogen-bond donors (Lipinski definition) is 2. The topological polar surface area (TPSA) is 40.7 Å². The lowest BCUT2D eigenvalue weighted by Gasteiger charge is -2.34. The summed E-state index contributed by atoms with van der Waals surface area (Å²) in [5.74, 6) is 0. The quantitative estimate of drug-likeness (QED) is 0.598. The van der Waals surface area contributed by atoms with E-state index < -0.39 is 0 Å². The second-order valence-corrected chi connectivity index (χ2v) is 8.68. The highest BCUT2D eigenvalue weighted by Crippen LogP contribution is 2.35. The van der Waals surface area contributed by atoms with Gasteiger partial charge >= 0.3 is 0 Å². The maximum Gasteiger partial charge on any atom is 0.0931 e. The van der Waals surface area contributed by atoms with Crippen LogP contribution < -0.4 is 5.32 Å². The van der Waals surface area contributed by atoms with Crippen molar-refractivity contribution >= 4 is 22.6 Å². The molecule has 0 spiro atoms. The highest BCUT2D eigenvalue weighted by atomic mass is 35.5. The van der Waals surface area contributed by atoms with Gasteiger partial charge in [-0.15, -0.1) is 0 Å². The predicted octanol–water partition coefficient (Wildman–Crippen LogP) is 5.94. The van der Waals surface area contributed by atoms with Gasteiger partial charge in [-0.05, 0) is 60.4 Å². The van der Waals surface area contributed by atoms with Crippen molar-refractivity contribution in [3.8, 4) is 11.1 Å². The number of H-pyrrole nitrogens is 1. The summed E-state index contributed by atoms with van der Waals surface area (Å²) in [6.07, 6.45) is 6.87. The monoisotopic (exact) mass is 367 g/mol. The van der Waals surface area contributed by atoms with E-state index in [9.17, 15) is 0 Å². The number of imidazole rings is 1. The maximum atomic E-state index is 6.59. The zero-order chi connectivity index (χ0) is 18.1. The van der Waals surface area contributed by atoms with E-state index in [0.717, 1.165) is 33.7 Å². The minimum absolute atomic E-state index is 0.513. The van der Waals surface area contributed by atoms with Crippen LogP contribution in [0.3, 0.4) is 0 Å². The average molecular weight is 368 g/mol. The lowest BCUT2D eigenvalue weighted by atomic mass is 9.75. The molecule has 1 saturated carbocycles.